The second-order valence-electron chi connectivity index (χ2n) is 4.84. The van der Waals surface area contributed by atoms with Crippen molar-refractivity contribution < 1.29 is 4.74 Å². The normalized spacial score (nSPS) is 12.2. The molecule has 2 rings (SSSR count). The van der Waals surface area contributed by atoms with Crippen LogP contribution in [0, 0.1) is 6.92 Å². The number of rotatable bonds is 4. The van der Waals surface area contributed by atoms with Gasteiger partial charge in [0.15, 0.2) is 0 Å². The zero-order chi connectivity index (χ0) is 13.8. The minimum atomic E-state index is 0.156. The molecule has 1 unspecified atom stereocenters. The molecule has 1 atom stereocenters. The van der Waals surface area contributed by atoms with Crippen LogP contribution >= 0.6 is 15.9 Å². The third-order valence-corrected chi connectivity index (χ3v) is 3.38. The highest BCUT2D eigenvalue weighted by Crippen LogP contribution is 2.27. The molecule has 2 N–H and O–H groups in total. The van der Waals surface area contributed by atoms with E-state index in [9.17, 15) is 0 Å². The molecule has 0 saturated heterocycles. The van der Waals surface area contributed by atoms with Gasteiger partial charge >= 0.3 is 0 Å². The Labute approximate surface area is 122 Å². The molecule has 0 aliphatic carbocycles. The summed E-state index contributed by atoms with van der Waals surface area (Å²) in [7, 11) is 0. The number of aryl methyl sites for hydroxylation is 1. The Morgan fingerprint density at radius 2 is 1.84 bits per heavy atom. The van der Waals surface area contributed by atoms with Crippen LogP contribution in [0.15, 0.2) is 46.9 Å². The van der Waals surface area contributed by atoms with E-state index in [1.165, 1.54) is 5.56 Å². The first-order chi connectivity index (χ1) is 9.04. The first-order valence-electron chi connectivity index (χ1n) is 6.33. The predicted molar refractivity (Wildman–Crippen MR) is 82.7 cm³/mol. The monoisotopic (exact) mass is 319 g/mol. The highest BCUT2D eigenvalue weighted by molar-refractivity contribution is 9.10. The first-order valence-corrected chi connectivity index (χ1v) is 7.12. The molecular formula is C16H18BrNO. The number of nitrogens with two attached hydrogens (primary N) is 1. The van der Waals surface area contributed by atoms with Crippen LogP contribution in [-0.4, -0.2) is 6.04 Å². The quantitative estimate of drug-likeness (QED) is 0.904. The van der Waals surface area contributed by atoms with Gasteiger partial charge < -0.3 is 10.5 Å². The van der Waals surface area contributed by atoms with Crippen molar-refractivity contribution in [3.63, 3.8) is 0 Å². The lowest BCUT2D eigenvalue weighted by Crippen LogP contribution is -2.17. The van der Waals surface area contributed by atoms with Crippen molar-refractivity contribution in [1.82, 2.24) is 0 Å². The summed E-state index contributed by atoms with van der Waals surface area (Å²) in [5.41, 5.74) is 8.16. The molecule has 0 radical (unpaired) electrons. The fourth-order valence-electron chi connectivity index (χ4n) is 1.88. The third kappa shape index (κ3) is 4.08. The molecule has 0 fully saturated rings. The van der Waals surface area contributed by atoms with Crippen molar-refractivity contribution in [3.05, 3.63) is 58.1 Å². The summed E-state index contributed by atoms with van der Waals surface area (Å²) in [5, 5.41) is 0. The van der Waals surface area contributed by atoms with Crippen LogP contribution in [0.25, 0.3) is 0 Å². The van der Waals surface area contributed by atoms with Crippen molar-refractivity contribution in [2.45, 2.75) is 26.3 Å². The van der Waals surface area contributed by atoms with Crippen LogP contribution in [0.3, 0.4) is 0 Å². The van der Waals surface area contributed by atoms with Gasteiger partial charge in [-0.2, -0.15) is 0 Å². The van der Waals surface area contributed by atoms with E-state index < -0.39 is 0 Å². The van der Waals surface area contributed by atoms with Gasteiger partial charge in [-0.25, -0.2) is 0 Å². The fourth-order valence-corrected chi connectivity index (χ4v) is 2.15. The van der Waals surface area contributed by atoms with Crippen molar-refractivity contribution in [2.75, 3.05) is 0 Å². The summed E-state index contributed by atoms with van der Waals surface area (Å²) >= 11 is 3.41. The maximum absolute atomic E-state index is 5.92. The van der Waals surface area contributed by atoms with Gasteiger partial charge in [0, 0.05) is 10.5 Å². The molecule has 2 aromatic rings. The number of halogens is 1. The molecule has 0 heterocycles. The molecule has 0 aliphatic heterocycles. The molecule has 0 amide bonds. The van der Waals surface area contributed by atoms with Gasteiger partial charge in [-0.15, -0.1) is 0 Å². The second-order valence-corrected chi connectivity index (χ2v) is 5.75. The molecule has 19 heavy (non-hydrogen) atoms. The standard InChI is InChI=1S/C16H18BrNO/c1-11-3-4-13(9-12(2)18)10-16(11)19-15-7-5-14(17)6-8-15/h3-8,10,12H,9,18H2,1-2H3. The van der Waals surface area contributed by atoms with E-state index in [0.29, 0.717) is 0 Å². The van der Waals surface area contributed by atoms with E-state index in [0.717, 1.165) is 28.0 Å². The Balaban J connectivity index is 2.21. The highest BCUT2D eigenvalue weighted by atomic mass is 79.9. The van der Waals surface area contributed by atoms with Crippen LogP contribution in [-0.2, 0) is 6.42 Å². The average molecular weight is 320 g/mol. The second kappa shape index (κ2) is 6.22. The molecule has 3 heteroatoms. The molecule has 0 aliphatic rings. The van der Waals surface area contributed by atoms with E-state index >= 15 is 0 Å². The molecule has 2 nitrogen and oxygen atoms in total. The summed E-state index contributed by atoms with van der Waals surface area (Å²) in [6.07, 6.45) is 0.858. The lowest BCUT2D eigenvalue weighted by molar-refractivity contribution is 0.478. The number of benzene rings is 2. The lowest BCUT2D eigenvalue weighted by Gasteiger charge is -2.12. The van der Waals surface area contributed by atoms with E-state index in [1.807, 2.05) is 38.1 Å². The van der Waals surface area contributed by atoms with Gasteiger partial charge in [-0.05, 0) is 61.7 Å². The van der Waals surface area contributed by atoms with Crippen molar-refractivity contribution in [2.24, 2.45) is 5.73 Å². The third-order valence-electron chi connectivity index (χ3n) is 2.85. The first kappa shape index (κ1) is 14.1. The average Bonchev–Trinajstić information content (AvgIpc) is 2.35. The number of ether oxygens (including phenoxy) is 1. The fraction of sp³-hybridized carbons (Fsp3) is 0.250. The van der Waals surface area contributed by atoms with Gasteiger partial charge in [-0.3, -0.25) is 0 Å². The van der Waals surface area contributed by atoms with Gasteiger partial charge in [0.05, 0.1) is 0 Å². The summed E-state index contributed by atoms with van der Waals surface area (Å²) in [5.74, 6) is 1.73. The number of hydrogen-bond donors (Lipinski definition) is 1. The Bertz CT molecular complexity index is 549. The lowest BCUT2D eigenvalue weighted by atomic mass is 10.1. The summed E-state index contributed by atoms with van der Waals surface area (Å²) < 4.78 is 6.97. The van der Waals surface area contributed by atoms with Crippen LogP contribution < -0.4 is 10.5 Å². The summed E-state index contributed by atoms with van der Waals surface area (Å²) in [6.45, 7) is 4.05. The van der Waals surface area contributed by atoms with Crippen LogP contribution in [0.2, 0.25) is 0 Å². The van der Waals surface area contributed by atoms with Crippen molar-refractivity contribution >= 4 is 15.9 Å². The van der Waals surface area contributed by atoms with Crippen LogP contribution in [0.1, 0.15) is 18.1 Å². The zero-order valence-corrected chi connectivity index (χ0v) is 12.8. The Morgan fingerprint density at radius 3 is 2.47 bits per heavy atom. The predicted octanol–water partition coefficient (Wildman–Crippen LogP) is 4.44. The highest BCUT2D eigenvalue weighted by Gasteiger charge is 2.05. The molecule has 0 bridgehead atoms. The van der Waals surface area contributed by atoms with E-state index in [-0.39, 0.29) is 6.04 Å². The Kier molecular flexibility index (Phi) is 4.61. The van der Waals surface area contributed by atoms with Gasteiger partial charge in [0.1, 0.15) is 11.5 Å². The van der Waals surface area contributed by atoms with E-state index in [1.54, 1.807) is 0 Å². The maximum Gasteiger partial charge on any atom is 0.130 e. The smallest absolute Gasteiger partial charge is 0.130 e. The minimum Gasteiger partial charge on any atom is -0.457 e. The number of hydrogen-bond acceptors (Lipinski definition) is 2. The molecule has 2 aromatic carbocycles. The largest absolute Gasteiger partial charge is 0.457 e. The zero-order valence-electron chi connectivity index (χ0n) is 11.2. The van der Waals surface area contributed by atoms with Crippen LogP contribution in [0.5, 0.6) is 11.5 Å². The van der Waals surface area contributed by atoms with Crippen LogP contribution in [0.4, 0.5) is 0 Å². The molecule has 0 spiro atoms. The molecular weight excluding hydrogens is 302 g/mol. The summed E-state index contributed by atoms with van der Waals surface area (Å²) in [4.78, 5) is 0. The Morgan fingerprint density at radius 1 is 1.16 bits per heavy atom. The molecule has 0 saturated carbocycles. The summed E-state index contributed by atoms with van der Waals surface area (Å²) in [6, 6.07) is 14.2. The van der Waals surface area contributed by atoms with E-state index in [2.05, 4.69) is 34.1 Å². The maximum atomic E-state index is 5.92. The van der Waals surface area contributed by atoms with Gasteiger partial charge in [0.25, 0.3) is 0 Å². The van der Waals surface area contributed by atoms with Crippen molar-refractivity contribution in [3.8, 4) is 11.5 Å². The Hall–Kier alpha value is -1.32. The van der Waals surface area contributed by atoms with E-state index in [4.69, 9.17) is 10.5 Å². The SMILES string of the molecule is Cc1ccc(CC(C)N)cc1Oc1ccc(Br)cc1. The van der Waals surface area contributed by atoms with Gasteiger partial charge in [-0.1, -0.05) is 28.1 Å². The van der Waals surface area contributed by atoms with Gasteiger partial charge in [0.2, 0.25) is 0 Å². The topological polar surface area (TPSA) is 35.2 Å². The molecule has 0 aromatic heterocycles. The molecule has 100 valence electrons. The minimum absolute atomic E-state index is 0.156. The van der Waals surface area contributed by atoms with Crippen molar-refractivity contribution in [1.29, 1.82) is 0 Å².